The van der Waals surface area contributed by atoms with Crippen molar-refractivity contribution in [1.29, 1.82) is 5.26 Å². The smallest absolute Gasteiger partial charge is 0.119 e. The van der Waals surface area contributed by atoms with Crippen molar-refractivity contribution in [1.82, 2.24) is 0 Å². The topological polar surface area (TPSA) is 33.0 Å². The average molecular weight is 247 g/mol. The molecule has 2 atom stereocenters. The average Bonchev–Trinajstić information content (AvgIpc) is 2.39. The Balaban J connectivity index is 2.06. The van der Waals surface area contributed by atoms with Crippen LogP contribution in [0.3, 0.4) is 0 Å². The van der Waals surface area contributed by atoms with Crippen molar-refractivity contribution in [2.75, 3.05) is 7.11 Å². The number of nitriles is 1. The highest BCUT2D eigenvalue weighted by atomic mass is 32.2. The van der Waals surface area contributed by atoms with Gasteiger partial charge in [-0.1, -0.05) is 18.9 Å². The number of benzene rings is 1. The Morgan fingerprint density at radius 3 is 2.94 bits per heavy atom. The zero-order chi connectivity index (χ0) is 12.1. The van der Waals surface area contributed by atoms with Gasteiger partial charge in [-0.3, -0.25) is 0 Å². The second-order valence-corrected chi connectivity index (χ2v) is 5.67. The fourth-order valence-corrected chi connectivity index (χ4v) is 3.57. The molecule has 0 radical (unpaired) electrons. The molecule has 0 spiro atoms. The first kappa shape index (κ1) is 12.3. The molecule has 1 aromatic rings. The van der Waals surface area contributed by atoms with Crippen LogP contribution in [-0.2, 0) is 0 Å². The molecule has 17 heavy (non-hydrogen) atoms. The second-order valence-electron chi connectivity index (χ2n) is 4.36. The number of hydrogen-bond acceptors (Lipinski definition) is 3. The summed E-state index contributed by atoms with van der Waals surface area (Å²) in [5, 5.41) is 9.60. The molecule has 0 bridgehead atoms. The maximum absolute atomic E-state index is 9.15. The SMILES string of the molecule is COc1cccc(SC2CCCCC2C#N)c1. The molecule has 0 saturated heterocycles. The van der Waals surface area contributed by atoms with Gasteiger partial charge in [-0.05, 0) is 31.0 Å². The molecular weight excluding hydrogens is 230 g/mol. The van der Waals surface area contributed by atoms with E-state index in [0.29, 0.717) is 5.25 Å². The summed E-state index contributed by atoms with van der Waals surface area (Å²) in [7, 11) is 1.68. The van der Waals surface area contributed by atoms with Gasteiger partial charge in [-0.15, -0.1) is 11.8 Å². The molecule has 1 aliphatic carbocycles. The summed E-state index contributed by atoms with van der Waals surface area (Å²) in [5.74, 6) is 1.10. The van der Waals surface area contributed by atoms with E-state index in [2.05, 4.69) is 12.1 Å². The zero-order valence-electron chi connectivity index (χ0n) is 10.1. The van der Waals surface area contributed by atoms with Crippen LogP contribution in [0.1, 0.15) is 25.7 Å². The van der Waals surface area contributed by atoms with Gasteiger partial charge in [0.05, 0.1) is 19.1 Å². The Morgan fingerprint density at radius 1 is 1.35 bits per heavy atom. The van der Waals surface area contributed by atoms with Crippen LogP contribution < -0.4 is 4.74 Å². The molecule has 0 heterocycles. The number of thioether (sulfide) groups is 1. The first-order chi connectivity index (χ1) is 8.33. The highest BCUT2D eigenvalue weighted by Crippen LogP contribution is 2.37. The van der Waals surface area contributed by atoms with Crippen LogP contribution in [0, 0.1) is 17.2 Å². The normalized spacial score (nSPS) is 24.0. The zero-order valence-corrected chi connectivity index (χ0v) is 10.9. The minimum Gasteiger partial charge on any atom is -0.497 e. The van der Waals surface area contributed by atoms with E-state index >= 15 is 0 Å². The predicted octanol–water partition coefficient (Wildman–Crippen LogP) is 3.87. The molecule has 1 aliphatic rings. The monoisotopic (exact) mass is 247 g/mol. The third-order valence-electron chi connectivity index (χ3n) is 3.20. The minimum atomic E-state index is 0.208. The van der Waals surface area contributed by atoms with E-state index in [1.807, 2.05) is 30.0 Å². The Labute approximate surface area is 107 Å². The fourth-order valence-electron chi connectivity index (χ4n) is 2.23. The van der Waals surface area contributed by atoms with Crippen LogP contribution in [0.25, 0.3) is 0 Å². The molecule has 0 amide bonds. The maximum Gasteiger partial charge on any atom is 0.119 e. The van der Waals surface area contributed by atoms with Crippen molar-refractivity contribution < 1.29 is 4.74 Å². The summed E-state index contributed by atoms with van der Waals surface area (Å²) in [6.45, 7) is 0. The third-order valence-corrected chi connectivity index (χ3v) is 4.59. The van der Waals surface area contributed by atoms with Gasteiger partial charge in [0.1, 0.15) is 5.75 Å². The number of methoxy groups -OCH3 is 1. The summed E-state index contributed by atoms with van der Waals surface area (Å²) < 4.78 is 5.22. The van der Waals surface area contributed by atoms with Crippen molar-refractivity contribution in [3.8, 4) is 11.8 Å². The number of nitrogens with zero attached hydrogens (tertiary/aromatic N) is 1. The van der Waals surface area contributed by atoms with Gasteiger partial charge < -0.3 is 4.74 Å². The summed E-state index contributed by atoms with van der Waals surface area (Å²) in [5.41, 5.74) is 0. The summed E-state index contributed by atoms with van der Waals surface area (Å²) in [6.07, 6.45) is 4.66. The molecule has 1 fully saturated rings. The van der Waals surface area contributed by atoms with Crippen molar-refractivity contribution in [2.45, 2.75) is 35.8 Å². The van der Waals surface area contributed by atoms with E-state index in [9.17, 15) is 0 Å². The van der Waals surface area contributed by atoms with E-state index in [1.165, 1.54) is 17.7 Å². The van der Waals surface area contributed by atoms with E-state index in [-0.39, 0.29) is 5.92 Å². The third kappa shape index (κ3) is 3.17. The molecule has 0 N–H and O–H groups in total. The molecule has 2 unspecified atom stereocenters. The van der Waals surface area contributed by atoms with Gasteiger partial charge in [0.25, 0.3) is 0 Å². The Bertz CT molecular complexity index is 413. The van der Waals surface area contributed by atoms with Crippen LogP contribution in [0.5, 0.6) is 5.75 Å². The quantitative estimate of drug-likeness (QED) is 0.813. The number of rotatable bonds is 3. The fraction of sp³-hybridized carbons (Fsp3) is 0.500. The van der Waals surface area contributed by atoms with E-state index in [4.69, 9.17) is 10.00 Å². The highest BCUT2D eigenvalue weighted by Gasteiger charge is 2.25. The largest absolute Gasteiger partial charge is 0.497 e. The van der Waals surface area contributed by atoms with Gasteiger partial charge in [-0.2, -0.15) is 5.26 Å². The lowest BCUT2D eigenvalue weighted by Crippen LogP contribution is -2.20. The van der Waals surface area contributed by atoms with Crippen LogP contribution >= 0.6 is 11.8 Å². The van der Waals surface area contributed by atoms with Crippen molar-refractivity contribution >= 4 is 11.8 Å². The molecule has 2 nitrogen and oxygen atoms in total. The summed E-state index contributed by atoms with van der Waals surface area (Å²) in [4.78, 5) is 1.21. The van der Waals surface area contributed by atoms with Gasteiger partial charge in [0.2, 0.25) is 0 Å². The maximum atomic E-state index is 9.15. The summed E-state index contributed by atoms with van der Waals surface area (Å²) >= 11 is 1.82. The van der Waals surface area contributed by atoms with Crippen molar-refractivity contribution in [3.05, 3.63) is 24.3 Å². The molecule has 3 heteroatoms. The van der Waals surface area contributed by atoms with Crippen molar-refractivity contribution in [3.63, 3.8) is 0 Å². The van der Waals surface area contributed by atoms with Gasteiger partial charge in [0, 0.05) is 10.1 Å². The van der Waals surface area contributed by atoms with Crippen LogP contribution in [0.2, 0.25) is 0 Å². The molecule has 1 aromatic carbocycles. The molecular formula is C14H17NOS. The van der Waals surface area contributed by atoms with Crippen LogP contribution in [0.15, 0.2) is 29.2 Å². The molecule has 90 valence electrons. The lowest BCUT2D eigenvalue weighted by molar-refractivity contribution is 0.413. The van der Waals surface area contributed by atoms with Gasteiger partial charge in [-0.25, -0.2) is 0 Å². The summed E-state index contributed by atoms with van der Waals surface area (Å²) in [6, 6.07) is 10.5. The van der Waals surface area contributed by atoms with Crippen LogP contribution in [-0.4, -0.2) is 12.4 Å². The van der Waals surface area contributed by atoms with Crippen LogP contribution in [0.4, 0.5) is 0 Å². The Morgan fingerprint density at radius 2 is 2.18 bits per heavy atom. The Hall–Kier alpha value is -1.14. The molecule has 1 saturated carbocycles. The number of ether oxygens (including phenoxy) is 1. The molecule has 2 rings (SSSR count). The Kier molecular flexibility index (Phi) is 4.33. The van der Waals surface area contributed by atoms with Crippen molar-refractivity contribution in [2.24, 2.45) is 5.92 Å². The highest BCUT2D eigenvalue weighted by molar-refractivity contribution is 8.00. The molecule has 0 aliphatic heterocycles. The van der Waals surface area contributed by atoms with E-state index < -0.39 is 0 Å². The van der Waals surface area contributed by atoms with E-state index in [0.717, 1.165) is 18.6 Å². The minimum absolute atomic E-state index is 0.208. The van der Waals surface area contributed by atoms with E-state index in [1.54, 1.807) is 7.11 Å². The first-order valence-corrected chi connectivity index (χ1v) is 6.92. The molecule has 0 aromatic heterocycles. The van der Waals surface area contributed by atoms with Gasteiger partial charge >= 0.3 is 0 Å². The lowest BCUT2D eigenvalue weighted by atomic mass is 9.90. The predicted molar refractivity (Wildman–Crippen MR) is 70.2 cm³/mol. The second kappa shape index (κ2) is 5.97. The number of hydrogen-bond donors (Lipinski definition) is 0. The standard InChI is InChI=1S/C14H17NOS/c1-16-12-6-4-7-13(9-12)17-14-8-3-2-5-11(14)10-15/h4,6-7,9,11,14H,2-3,5,8H2,1H3. The first-order valence-electron chi connectivity index (χ1n) is 6.04. The lowest BCUT2D eigenvalue weighted by Gasteiger charge is -2.26. The van der Waals surface area contributed by atoms with Gasteiger partial charge in [0.15, 0.2) is 0 Å².